The van der Waals surface area contributed by atoms with Crippen molar-refractivity contribution in [1.82, 2.24) is 0 Å². The van der Waals surface area contributed by atoms with Gasteiger partial charge in [0.1, 0.15) is 5.75 Å². The molecular weight excluding hydrogens is 220 g/mol. The third-order valence-electron chi connectivity index (χ3n) is 4.90. The number of allylic oxidation sites excluding steroid dienone is 2. The SMILES string of the molecule is COc1ccc(C2CCC3(CC=CC3)CC2)cc1. The second-order valence-corrected chi connectivity index (χ2v) is 5.93. The van der Waals surface area contributed by atoms with E-state index in [-0.39, 0.29) is 0 Å². The van der Waals surface area contributed by atoms with Crippen molar-refractivity contribution in [3.8, 4) is 5.75 Å². The summed E-state index contributed by atoms with van der Waals surface area (Å²) >= 11 is 0. The monoisotopic (exact) mass is 242 g/mol. The summed E-state index contributed by atoms with van der Waals surface area (Å²) in [5.41, 5.74) is 2.14. The summed E-state index contributed by atoms with van der Waals surface area (Å²) < 4.78 is 5.22. The van der Waals surface area contributed by atoms with E-state index in [9.17, 15) is 0 Å². The Morgan fingerprint density at radius 2 is 1.61 bits per heavy atom. The molecule has 0 amide bonds. The maximum Gasteiger partial charge on any atom is 0.118 e. The Balaban J connectivity index is 1.64. The summed E-state index contributed by atoms with van der Waals surface area (Å²) in [6.45, 7) is 0. The molecule has 0 bridgehead atoms. The molecular formula is C17H22O. The van der Waals surface area contributed by atoms with Crippen LogP contribution in [-0.4, -0.2) is 7.11 Å². The number of rotatable bonds is 2. The van der Waals surface area contributed by atoms with Gasteiger partial charge in [-0.25, -0.2) is 0 Å². The number of hydrogen-bond donors (Lipinski definition) is 0. The molecule has 1 fully saturated rings. The molecule has 96 valence electrons. The summed E-state index contributed by atoms with van der Waals surface area (Å²) in [6.07, 6.45) is 12.9. The number of methoxy groups -OCH3 is 1. The lowest BCUT2D eigenvalue weighted by Crippen LogP contribution is -2.24. The van der Waals surface area contributed by atoms with E-state index >= 15 is 0 Å². The zero-order valence-electron chi connectivity index (χ0n) is 11.2. The second-order valence-electron chi connectivity index (χ2n) is 5.93. The van der Waals surface area contributed by atoms with Gasteiger partial charge in [0.05, 0.1) is 7.11 Å². The Hall–Kier alpha value is -1.24. The van der Waals surface area contributed by atoms with Gasteiger partial charge in [0, 0.05) is 0 Å². The Morgan fingerprint density at radius 1 is 1.00 bits per heavy atom. The average molecular weight is 242 g/mol. The highest BCUT2D eigenvalue weighted by atomic mass is 16.5. The minimum absolute atomic E-state index is 0.642. The third-order valence-corrected chi connectivity index (χ3v) is 4.90. The first-order chi connectivity index (χ1) is 8.81. The first-order valence-electron chi connectivity index (χ1n) is 7.10. The molecule has 0 heterocycles. The van der Waals surface area contributed by atoms with Crippen LogP contribution in [0.3, 0.4) is 0 Å². The van der Waals surface area contributed by atoms with E-state index in [1.54, 1.807) is 7.11 Å². The number of benzene rings is 1. The quantitative estimate of drug-likeness (QED) is 0.684. The standard InChI is InChI=1S/C17H22O/c1-18-16-6-4-14(5-7-16)15-8-12-17(13-9-15)10-2-3-11-17/h2-7,15H,8-13H2,1H3. The molecule has 2 aliphatic carbocycles. The van der Waals surface area contributed by atoms with E-state index in [4.69, 9.17) is 4.74 Å². The van der Waals surface area contributed by atoms with Crippen LogP contribution in [0.1, 0.15) is 50.0 Å². The van der Waals surface area contributed by atoms with E-state index in [1.165, 1.54) is 44.1 Å². The normalized spacial score (nSPS) is 22.5. The van der Waals surface area contributed by atoms with E-state index in [0.29, 0.717) is 5.41 Å². The molecule has 1 saturated carbocycles. The molecule has 0 saturated heterocycles. The maximum atomic E-state index is 5.22. The fourth-order valence-electron chi connectivity index (χ4n) is 3.60. The van der Waals surface area contributed by atoms with Crippen LogP contribution in [-0.2, 0) is 0 Å². The van der Waals surface area contributed by atoms with Crippen LogP contribution in [0.25, 0.3) is 0 Å². The van der Waals surface area contributed by atoms with Crippen molar-refractivity contribution in [3.63, 3.8) is 0 Å². The zero-order valence-corrected chi connectivity index (χ0v) is 11.2. The van der Waals surface area contributed by atoms with Crippen LogP contribution in [0, 0.1) is 5.41 Å². The number of ether oxygens (including phenoxy) is 1. The van der Waals surface area contributed by atoms with E-state index in [0.717, 1.165) is 11.7 Å². The molecule has 1 heteroatoms. The molecule has 0 aliphatic heterocycles. The first-order valence-corrected chi connectivity index (χ1v) is 7.10. The van der Waals surface area contributed by atoms with Gasteiger partial charge in [-0.3, -0.25) is 0 Å². The van der Waals surface area contributed by atoms with Gasteiger partial charge in [-0.05, 0) is 67.6 Å². The summed E-state index contributed by atoms with van der Waals surface area (Å²) in [5.74, 6) is 1.73. The van der Waals surface area contributed by atoms with Gasteiger partial charge in [-0.15, -0.1) is 0 Å². The number of hydrogen-bond acceptors (Lipinski definition) is 1. The Labute approximate surface area is 110 Å². The van der Waals surface area contributed by atoms with E-state index in [1.807, 2.05) is 0 Å². The second kappa shape index (κ2) is 4.79. The van der Waals surface area contributed by atoms with Crippen LogP contribution in [0.4, 0.5) is 0 Å². The first kappa shape index (κ1) is 11.8. The lowest BCUT2D eigenvalue weighted by molar-refractivity contribution is 0.190. The van der Waals surface area contributed by atoms with E-state index < -0.39 is 0 Å². The van der Waals surface area contributed by atoms with Gasteiger partial charge in [0.15, 0.2) is 0 Å². The topological polar surface area (TPSA) is 9.23 Å². The van der Waals surface area contributed by atoms with Crippen LogP contribution in [0.2, 0.25) is 0 Å². The minimum Gasteiger partial charge on any atom is -0.497 e. The van der Waals surface area contributed by atoms with Gasteiger partial charge in [0.2, 0.25) is 0 Å². The highest BCUT2D eigenvalue weighted by molar-refractivity contribution is 5.29. The molecule has 0 atom stereocenters. The molecule has 0 N–H and O–H groups in total. The van der Waals surface area contributed by atoms with Crippen molar-refractivity contribution < 1.29 is 4.74 Å². The van der Waals surface area contributed by atoms with Crippen molar-refractivity contribution in [2.75, 3.05) is 7.11 Å². The fourth-order valence-corrected chi connectivity index (χ4v) is 3.60. The summed E-state index contributed by atoms with van der Waals surface area (Å²) in [4.78, 5) is 0. The van der Waals surface area contributed by atoms with E-state index in [2.05, 4.69) is 36.4 Å². The molecule has 3 rings (SSSR count). The predicted molar refractivity (Wildman–Crippen MR) is 75.0 cm³/mol. The van der Waals surface area contributed by atoms with Crippen molar-refractivity contribution >= 4 is 0 Å². The van der Waals surface area contributed by atoms with Crippen LogP contribution >= 0.6 is 0 Å². The van der Waals surface area contributed by atoms with Crippen molar-refractivity contribution in [1.29, 1.82) is 0 Å². The smallest absolute Gasteiger partial charge is 0.118 e. The predicted octanol–water partition coefficient (Wildman–Crippen LogP) is 4.69. The summed E-state index contributed by atoms with van der Waals surface area (Å²) in [6, 6.07) is 8.68. The van der Waals surface area contributed by atoms with Gasteiger partial charge in [-0.1, -0.05) is 24.3 Å². The molecule has 0 unspecified atom stereocenters. The Bertz CT molecular complexity index is 411. The highest BCUT2D eigenvalue weighted by Gasteiger charge is 2.35. The summed E-state index contributed by atoms with van der Waals surface area (Å²) in [5, 5.41) is 0. The molecule has 1 nitrogen and oxygen atoms in total. The summed E-state index contributed by atoms with van der Waals surface area (Å²) in [7, 11) is 1.73. The zero-order chi connectivity index (χ0) is 12.4. The lowest BCUT2D eigenvalue weighted by Gasteiger charge is -2.37. The van der Waals surface area contributed by atoms with Gasteiger partial charge in [0.25, 0.3) is 0 Å². The molecule has 1 aromatic rings. The van der Waals surface area contributed by atoms with Crippen LogP contribution in [0.15, 0.2) is 36.4 Å². The largest absolute Gasteiger partial charge is 0.497 e. The van der Waals surface area contributed by atoms with Gasteiger partial charge >= 0.3 is 0 Å². The molecule has 1 aromatic carbocycles. The highest BCUT2D eigenvalue weighted by Crippen LogP contribution is 2.49. The Kier molecular flexibility index (Phi) is 3.15. The van der Waals surface area contributed by atoms with Gasteiger partial charge in [-0.2, -0.15) is 0 Å². The molecule has 0 radical (unpaired) electrons. The minimum atomic E-state index is 0.642. The molecule has 2 aliphatic rings. The van der Waals surface area contributed by atoms with Crippen molar-refractivity contribution in [2.45, 2.75) is 44.4 Å². The van der Waals surface area contributed by atoms with Crippen molar-refractivity contribution in [2.24, 2.45) is 5.41 Å². The average Bonchev–Trinajstić information content (AvgIpc) is 2.88. The van der Waals surface area contributed by atoms with Crippen LogP contribution in [0.5, 0.6) is 5.75 Å². The lowest BCUT2D eigenvalue weighted by atomic mass is 9.68. The molecule has 18 heavy (non-hydrogen) atoms. The molecule has 0 aromatic heterocycles. The fraction of sp³-hybridized carbons (Fsp3) is 0.529. The van der Waals surface area contributed by atoms with Gasteiger partial charge < -0.3 is 4.74 Å². The van der Waals surface area contributed by atoms with Crippen LogP contribution < -0.4 is 4.74 Å². The third kappa shape index (κ3) is 2.19. The maximum absolute atomic E-state index is 5.22. The van der Waals surface area contributed by atoms with Crippen molar-refractivity contribution in [3.05, 3.63) is 42.0 Å². The molecule has 1 spiro atoms. The Morgan fingerprint density at radius 3 is 2.17 bits per heavy atom.